The van der Waals surface area contributed by atoms with Gasteiger partial charge in [0.2, 0.25) is 11.6 Å². The molecular weight excluding hydrogens is 495 g/mol. The molecule has 182 valence electrons. The van der Waals surface area contributed by atoms with E-state index in [0.29, 0.717) is 61.3 Å². The minimum absolute atomic E-state index is 0.320. The molecule has 4 rings (SSSR count). The van der Waals surface area contributed by atoms with Crippen molar-refractivity contribution in [3.05, 3.63) is 58.6 Å². The highest BCUT2D eigenvalue weighted by Crippen LogP contribution is 2.41. The number of aromatic nitrogens is 1. The van der Waals surface area contributed by atoms with E-state index in [0.717, 1.165) is 0 Å². The van der Waals surface area contributed by atoms with Crippen LogP contribution in [0.4, 0.5) is 5.69 Å². The van der Waals surface area contributed by atoms with Gasteiger partial charge in [0.1, 0.15) is 11.3 Å². The normalized spacial score (nSPS) is 11.7. The van der Waals surface area contributed by atoms with Crippen molar-refractivity contribution in [2.75, 3.05) is 26.6 Å². The van der Waals surface area contributed by atoms with Gasteiger partial charge in [-0.2, -0.15) is 0 Å². The lowest BCUT2D eigenvalue weighted by atomic mass is 10.2. The van der Waals surface area contributed by atoms with Gasteiger partial charge in [-0.15, -0.1) is 0 Å². The molecule has 1 amide bonds. The van der Waals surface area contributed by atoms with Gasteiger partial charge in [0.15, 0.2) is 23.2 Å². The molecule has 0 fully saturated rings. The van der Waals surface area contributed by atoms with Crippen LogP contribution in [0.3, 0.4) is 0 Å². The number of methoxy groups -OCH3 is 3. The van der Waals surface area contributed by atoms with Gasteiger partial charge in [0.25, 0.3) is 5.91 Å². The van der Waals surface area contributed by atoms with Crippen LogP contribution in [0.5, 0.6) is 23.0 Å². The summed E-state index contributed by atoms with van der Waals surface area (Å²) in [6.45, 7) is 1.62. The first-order valence-electron chi connectivity index (χ1n) is 10.5. The molecule has 4 aromatic rings. The number of benzene rings is 3. The molecule has 0 aliphatic rings. The van der Waals surface area contributed by atoms with Crippen LogP contribution in [0.2, 0.25) is 10.0 Å². The highest BCUT2D eigenvalue weighted by molar-refractivity contribution is 6.35. The Morgan fingerprint density at radius 2 is 1.66 bits per heavy atom. The van der Waals surface area contributed by atoms with Gasteiger partial charge in [-0.25, -0.2) is 4.98 Å². The molecule has 3 aromatic carbocycles. The third-order valence-electron chi connectivity index (χ3n) is 5.13. The van der Waals surface area contributed by atoms with E-state index in [1.165, 1.54) is 21.3 Å². The molecule has 1 atom stereocenters. The molecule has 0 saturated carbocycles. The van der Waals surface area contributed by atoms with Crippen molar-refractivity contribution in [2.45, 2.75) is 13.0 Å². The monoisotopic (exact) mass is 516 g/mol. The summed E-state index contributed by atoms with van der Waals surface area (Å²) < 4.78 is 27.8. The summed E-state index contributed by atoms with van der Waals surface area (Å²) in [5.41, 5.74) is 2.28. The second-order valence-electron chi connectivity index (χ2n) is 7.44. The maximum Gasteiger partial charge on any atom is 0.265 e. The molecule has 0 radical (unpaired) electrons. The molecule has 0 aliphatic carbocycles. The number of rotatable bonds is 8. The quantitative estimate of drug-likeness (QED) is 0.296. The fourth-order valence-electron chi connectivity index (χ4n) is 3.39. The predicted molar refractivity (Wildman–Crippen MR) is 134 cm³/mol. The number of anilines is 1. The van der Waals surface area contributed by atoms with Gasteiger partial charge in [0, 0.05) is 16.3 Å². The minimum atomic E-state index is -0.809. The highest BCUT2D eigenvalue weighted by atomic mass is 35.5. The van der Waals surface area contributed by atoms with Crippen LogP contribution in [0, 0.1) is 0 Å². The van der Waals surface area contributed by atoms with E-state index in [1.54, 1.807) is 55.5 Å². The van der Waals surface area contributed by atoms with Crippen LogP contribution in [0.15, 0.2) is 52.9 Å². The number of carbonyl (C=O) groups excluding carboxylic acids is 1. The molecule has 0 saturated heterocycles. The number of amides is 1. The van der Waals surface area contributed by atoms with Crippen LogP contribution in [0.25, 0.3) is 22.6 Å². The van der Waals surface area contributed by atoms with Crippen LogP contribution >= 0.6 is 23.2 Å². The van der Waals surface area contributed by atoms with Gasteiger partial charge < -0.3 is 28.7 Å². The molecule has 0 bridgehead atoms. The second-order valence-corrected chi connectivity index (χ2v) is 8.28. The number of nitrogens with one attached hydrogen (secondary N) is 1. The van der Waals surface area contributed by atoms with Gasteiger partial charge >= 0.3 is 0 Å². The Morgan fingerprint density at radius 1 is 0.943 bits per heavy atom. The van der Waals surface area contributed by atoms with Gasteiger partial charge in [-0.1, -0.05) is 23.2 Å². The fourth-order valence-corrected chi connectivity index (χ4v) is 3.84. The van der Waals surface area contributed by atoms with Gasteiger partial charge in [0.05, 0.1) is 26.4 Å². The third kappa shape index (κ3) is 5.23. The fraction of sp³-hybridized carbons (Fsp3) is 0.200. The zero-order valence-electron chi connectivity index (χ0n) is 19.3. The Hall–Kier alpha value is -3.62. The lowest BCUT2D eigenvalue weighted by Crippen LogP contribution is -2.30. The first-order chi connectivity index (χ1) is 16.8. The topological polar surface area (TPSA) is 92.1 Å². The summed E-state index contributed by atoms with van der Waals surface area (Å²) >= 11 is 12.0. The Balaban J connectivity index is 1.54. The highest BCUT2D eigenvalue weighted by Gasteiger charge is 2.19. The van der Waals surface area contributed by atoms with Gasteiger partial charge in [-0.3, -0.25) is 4.79 Å². The molecule has 35 heavy (non-hydrogen) atoms. The molecule has 1 unspecified atom stereocenters. The van der Waals surface area contributed by atoms with E-state index < -0.39 is 6.10 Å². The van der Waals surface area contributed by atoms with Gasteiger partial charge in [-0.05, 0) is 55.5 Å². The first-order valence-corrected chi connectivity index (χ1v) is 11.2. The van der Waals surface area contributed by atoms with Crippen LogP contribution < -0.4 is 24.3 Å². The van der Waals surface area contributed by atoms with E-state index >= 15 is 0 Å². The molecule has 1 aromatic heterocycles. The molecule has 0 spiro atoms. The van der Waals surface area contributed by atoms with Crippen LogP contribution in [-0.2, 0) is 4.79 Å². The first kappa shape index (κ1) is 24.5. The van der Waals surface area contributed by atoms with E-state index in [4.69, 9.17) is 46.6 Å². The number of hydrogen-bond acceptors (Lipinski definition) is 7. The molecule has 0 aliphatic heterocycles. The Kier molecular flexibility index (Phi) is 7.23. The van der Waals surface area contributed by atoms with E-state index in [-0.39, 0.29) is 5.91 Å². The van der Waals surface area contributed by atoms with Crippen molar-refractivity contribution in [3.8, 4) is 34.5 Å². The van der Waals surface area contributed by atoms with Crippen LogP contribution in [-0.4, -0.2) is 38.3 Å². The molecule has 10 heteroatoms. The SMILES string of the molecule is COc1cc(-c2nc3cc(NC(=O)C(C)Oc4ccc(Cl)cc4Cl)ccc3o2)cc(OC)c1OC. The van der Waals surface area contributed by atoms with Crippen molar-refractivity contribution >= 4 is 45.9 Å². The predicted octanol–water partition coefficient (Wildman–Crippen LogP) is 6.23. The van der Waals surface area contributed by atoms with Crippen molar-refractivity contribution in [1.82, 2.24) is 4.98 Å². The Bertz CT molecular complexity index is 1360. The van der Waals surface area contributed by atoms with Crippen LogP contribution in [0.1, 0.15) is 6.92 Å². The molecule has 8 nitrogen and oxygen atoms in total. The zero-order chi connectivity index (χ0) is 25.1. The summed E-state index contributed by atoms with van der Waals surface area (Å²) in [6.07, 6.45) is -0.809. The lowest BCUT2D eigenvalue weighted by Gasteiger charge is -2.15. The summed E-state index contributed by atoms with van der Waals surface area (Å²) in [5.74, 6) is 1.79. The smallest absolute Gasteiger partial charge is 0.265 e. The standard InChI is InChI=1S/C25H22Cl2N2O6/c1-13(34-19-7-5-15(26)11-17(19)27)24(30)28-16-6-8-20-18(12-16)29-25(35-20)14-9-21(31-2)23(33-4)22(10-14)32-3/h5-13H,1-4H3,(H,28,30). The summed E-state index contributed by atoms with van der Waals surface area (Å²) in [5, 5.41) is 3.61. The summed E-state index contributed by atoms with van der Waals surface area (Å²) in [4.78, 5) is 17.2. The number of halogens is 2. The maximum absolute atomic E-state index is 12.7. The number of nitrogens with zero attached hydrogens (tertiary/aromatic N) is 1. The number of hydrogen-bond donors (Lipinski definition) is 1. The average molecular weight is 517 g/mol. The summed E-state index contributed by atoms with van der Waals surface area (Å²) in [7, 11) is 4.60. The Morgan fingerprint density at radius 3 is 2.29 bits per heavy atom. The zero-order valence-corrected chi connectivity index (χ0v) is 20.9. The number of oxazole rings is 1. The lowest BCUT2D eigenvalue weighted by molar-refractivity contribution is -0.122. The van der Waals surface area contributed by atoms with E-state index in [2.05, 4.69) is 10.3 Å². The van der Waals surface area contributed by atoms with E-state index in [1.807, 2.05) is 0 Å². The summed E-state index contributed by atoms with van der Waals surface area (Å²) in [6, 6.07) is 13.4. The minimum Gasteiger partial charge on any atom is -0.493 e. The largest absolute Gasteiger partial charge is 0.493 e. The number of carbonyl (C=O) groups is 1. The number of ether oxygens (including phenoxy) is 4. The second kappa shape index (κ2) is 10.3. The number of fused-ring (bicyclic) bond motifs is 1. The van der Waals surface area contributed by atoms with E-state index in [9.17, 15) is 4.79 Å². The average Bonchev–Trinajstić information content (AvgIpc) is 3.28. The van der Waals surface area contributed by atoms with Crippen molar-refractivity contribution < 1.29 is 28.2 Å². The molecule has 1 heterocycles. The van der Waals surface area contributed by atoms with Crippen molar-refractivity contribution in [2.24, 2.45) is 0 Å². The Labute approximate surface area is 211 Å². The molecular formula is C25H22Cl2N2O6. The third-order valence-corrected chi connectivity index (χ3v) is 5.66. The molecule has 1 N–H and O–H groups in total. The van der Waals surface area contributed by atoms with Crippen molar-refractivity contribution in [3.63, 3.8) is 0 Å². The van der Waals surface area contributed by atoms with Crippen molar-refractivity contribution in [1.29, 1.82) is 0 Å². The maximum atomic E-state index is 12.7.